The van der Waals surface area contributed by atoms with Crippen molar-refractivity contribution < 1.29 is 18.0 Å². The zero-order valence-corrected chi connectivity index (χ0v) is 25.0. The van der Waals surface area contributed by atoms with Gasteiger partial charge in [0.05, 0.1) is 10.6 Å². The lowest BCUT2D eigenvalue weighted by atomic mass is 10.0. The molecule has 1 atom stereocenters. The summed E-state index contributed by atoms with van der Waals surface area (Å²) in [5, 5.41) is 2.97. The lowest BCUT2D eigenvalue weighted by Gasteiger charge is -2.34. The van der Waals surface area contributed by atoms with Crippen LogP contribution in [0, 0.1) is 6.92 Å². The monoisotopic (exact) mass is 583 g/mol. The number of hydrogen-bond acceptors (Lipinski definition) is 4. The Balaban J connectivity index is 1.78. The van der Waals surface area contributed by atoms with E-state index in [0.717, 1.165) is 21.0 Å². The van der Waals surface area contributed by atoms with E-state index in [4.69, 9.17) is 0 Å². The first-order valence-corrected chi connectivity index (χ1v) is 15.4. The van der Waals surface area contributed by atoms with Gasteiger partial charge in [-0.1, -0.05) is 96.6 Å². The van der Waals surface area contributed by atoms with Gasteiger partial charge in [-0.25, -0.2) is 8.42 Å². The van der Waals surface area contributed by atoms with E-state index in [1.165, 1.54) is 17.0 Å². The molecule has 0 saturated heterocycles. The Morgan fingerprint density at radius 1 is 0.738 bits per heavy atom. The van der Waals surface area contributed by atoms with Gasteiger partial charge in [0.2, 0.25) is 11.8 Å². The summed E-state index contributed by atoms with van der Waals surface area (Å²) >= 11 is 0. The van der Waals surface area contributed by atoms with Gasteiger partial charge in [-0.15, -0.1) is 0 Å². The van der Waals surface area contributed by atoms with Crippen molar-refractivity contribution in [3.05, 3.63) is 132 Å². The molecule has 218 valence electrons. The van der Waals surface area contributed by atoms with Gasteiger partial charge in [0.15, 0.2) is 0 Å². The third-order valence-electron chi connectivity index (χ3n) is 6.83. The Hall–Kier alpha value is -4.43. The smallest absolute Gasteiger partial charge is 0.264 e. The summed E-state index contributed by atoms with van der Waals surface area (Å²) in [5.74, 6) is -0.787. The Bertz CT molecular complexity index is 1560. The van der Waals surface area contributed by atoms with Crippen molar-refractivity contribution in [3.63, 3.8) is 0 Å². The van der Waals surface area contributed by atoms with Gasteiger partial charge >= 0.3 is 0 Å². The number of nitrogens with one attached hydrogen (secondary N) is 1. The molecule has 0 bridgehead atoms. The first-order valence-electron chi connectivity index (χ1n) is 14.0. The molecule has 8 heteroatoms. The van der Waals surface area contributed by atoms with E-state index in [1.54, 1.807) is 30.3 Å². The minimum Gasteiger partial charge on any atom is -0.352 e. The van der Waals surface area contributed by atoms with Gasteiger partial charge < -0.3 is 10.2 Å². The summed E-state index contributed by atoms with van der Waals surface area (Å²) in [5.41, 5.74) is 3.04. The Kier molecular flexibility index (Phi) is 10.1. The molecule has 42 heavy (non-hydrogen) atoms. The standard InChI is InChI=1S/C34H37N3O4S/c1-26(2)35-34(39)32(23-28-13-7-4-8-14-28)36(24-29-15-9-5-10-16-29)33(38)25-37(30-21-19-27(3)20-22-30)42(40,41)31-17-11-6-12-18-31/h4-22,26,32H,23-25H2,1-3H3,(H,35,39)/t32-/m1/s1. The molecule has 0 spiro atoms. The number of rotatable bonds is 12. The predicted octanol–water partition coefficient (Wildman–Crippen LogP) is 5.36. The third-order valence-corrected chi connectivity index (χ3v) is 8.62. The second-order valence-electron chi connectivity index (χ2n) is 10.5. The molecule has 0 aliphatic rings. The summed E-state index contributed by atoms with van der Waals surface area (Å²) < 4.78 is 29.0. The highest BCUT2D eigenvalue weighted by molar-refractivity contribution is 7.92. The number of benzene rings is 4. The van der Waals surface area contributed by atoms with E-state index in [0.29, 0.717) is 5.69 Å². The highest BCUT2D eigenvalue weighted by atomic mass is 32.2. The largest absolute Gasteiger partial charge is 0.352 e. The molecule has 4 aromatic rings. The van der Waals surface area contributed by atoms with Gasteiger partial charge in [-0.05, 0) is 56.2 Å². The van der Waals surface area contributed by atoms with Gasteiger partial charge in [0.25, 0.3) is 10.0 Å². The van der Waals surface area contributed by atoms with Crippen LogP contribution in [0.5, 0.6) is 0 Å². The average Bonchev–Trinajstić information content (AvgIpc) is 2.99. The predicted molar refractivity (Wildman–Crippen MR) is 166 cm³/mol. The Labute approximate surface area is 248 Å². The van der Waals surface area contributed by atoms with Gasteiger partial charge in [-0.2, -0.15) is 0 Å². The van der Waals surface area contributed by atoms with Crippen molar-refractivity contribution in [2.75, 3.05) is 10.8 Å². The van der Waals surface area contributed by atoms with Crippen molar-refractivity contribution in [1.82, 2.24) is 10.2 Å². The van der Waals surface area contributed by atoms with E-state index < -0.39 is 28.5 Å². The zero-order valence-electron chi connectivity index (χ0n) is 24.2. The van der Waals surface area contributed by atoms with E-state index in [9.17, 15) is 18.0 Å². The van der Waals surface area contributed by atoms with Crippen LogP contribution >= 0.6 is 0 Å². The van der Waals surface area contributed by atoms with E-state index in [1.807, 2.05) is 93.6 Å². The molecular formula is C34H37N3O4S. The van der Waals surface area contributed by atoms with E-state index >= 15 is 0 Å². The van der Waals surface area contributed by atoms with Crippen molar-refractivity contribution in [2.24, 2.45) is 0 Å². The van der Waals surface area contributed by atoms with E-state index in [-0.39, 0.29) is 29.8 Å². The molecule has 1 N–H and O–H groups in total. The summed E-state index contributed by atoms with van der Waals surface area (Å²) in [4.78, 5) is 29.6. The summed E-state index contributed by atoms with van der Waals surface area (Å²) in [6.45, 7) is 5.30. The van der Waals surface area contributed by atoms with Crippen LogP contribution in [-0.4, -0.2) is 43.8 Å². The number of carbonyl (C=O) groups is 2. The quantitative estimate of drug-likeness (QED) is 0.244. The fourth-order valence-electron chi connectivity index (χ4n) is 4.67. The molecule has 0 fully saturated rings. The van der Waals surface area contributed by atoms with Crippen molar-refractivity contribution >= 4 is 27.5 Å². The normalized spacial score (nSPS) is 12.0. The summed E-state index contributed by atoms with van der Waals surface area (Å²) in [7, 11) is -4.11. The second-order valence-corrected chi connectivity index (χ2v) is 12.4. The van der Waals surface area contributed by atoms with Crippen molar-refractivity contribution in [1.29, 1.82) is 0 Å². The van der Waals surface area contributed by atoms with Crippen LogP contribution in [0.25, 0.3) is 0 Å². The SMILES string of the molecule is Cc1ccc(N(CC(=O)N(Cc2ccccc2)[C@H](Cc2ccccc2)C(=O)NC(C)C)S(=O)(=O)c2ccccc2)cc1. The third kappa shape index (κ3) is 7.85. The number of hydrogen-bond donors (Lipinski definition) is 1. The van der Waals surface area contributed by atoms with E-state index in [2.05, 4.69) is 5.32 Å². The fourth-order valence-corrected chi connectivity index (χ4v) is 6.11. The molecule has 0 saturated carbocycles. The molecule has 2 amide bonds. The number of carbonyl (C=O) groups excluding carboxylic acids is 2. The number of sulfonamides is 1. The molecule has 4 aromatic carbocycles. The number of nitrogens with zero attached hydrogens (tertiary/aromatic N) is 2. The van der Waals surface area contributed by atoms with Crippen LogP contribution < -0.4 is 9.62 Å². The molecule has 4 rings (SSSR count). The lowest BCUT2D eigenvalue weighted by Crippen LogP contribution is -2.54. The van der Waals surface area contributed by atoms with Crippen LogP contribution in [0.15, 0.2) is 120 Å². The van der Waals surface area contributed by atoms with Gasteiger partial charge in [0.1, 0.15) is 12.6 Å². The molecule has 0 aromatic heterocycles. The molecule has 7 nitrogen and oxygen atoms in total. The van der Waals surface area contributed by atoms with Crippen molar-refractivity contribution in [2.45, 2.75) is 50.7 Å². The molecule has 0 radical (unpaired) electrons. The molecule has 0 aliphatic heterocycles. The second kappa shape index (κ2) is 14.0. The summed E-state index contributed by atoms with van der Waals surface area (Å²) in [6, 6.07) is 33.0. The molecule has 0 heterocycles. The van der Waals surface area contributed by atoms with Crippen LogP contribution in [-0.2, 0) is 32.6 Å². The average molecular weight is 584 g/mol. The minimum atomic E-state index is -4.11. The molecule has 0 unspecified atom stereocenters. The maximum absolute atomic E-state index is 14.3. The Morgan fingerprint density at radius 2 is 1.26 bits per heavy atom. The lowest BCUT2D eigenvalue weighted by molar-refractivity contribution is -0.140. The highest BCUT2D eigenvalue weighted by Crippen LogP contribution is 2.25. The maximum atomic E-state index is 14.3. The van der Waals surface area contributed by atoms with Crippen LogP contribution in [0.3, 0.4) is 0 Å². The Morgan fingerprint density at radius 3 is 1.81 bits per heavy atom. The first kappa shape index (κ1) is 30.5. The number of amides is 2. The van der Waals surface area contributed by atoms with Crippen molar-refractivity contribution in [3.8, 4) is 0 Å². The van der Waals surface area contributed by atoms with Gasteiger partial charge in [-0.3, -0.25) is 13.9 Å². The minimum absolute atomic E-state index is 0.0753. The molecule has 0 aliphatic carbocycles. The number of anilines is 1. The maximum Gasteiger partial charge on any atom is 0.264 e. The van der Waals surface area contributed by atoms with Crippen LogP contribution in [0.1, 0.15) is 30.5 Å². The topological polar surface area (TPSA) is 86.8 Å². The van der Waals surface area contributed by atoms with Crippen LogP contribution in [0.4, 0.5) is 5.69 Å². The zero-order chi connectivity index (χ0) is 30.1. The highest BCUT2D eigenvalue weighted by Gasteiger charge is 2.34. The first-order chi connectivity index (χ1) is 20.1. The summed E-state index contributed by atoms with van der Waals surface area (Å²) in [6.07, 6.45) is 0.272. The van der Waals surface area contributed by atoms with Gasteiger partial charge in [0, 0.05) is 19.0 Å². The molecular weight excluding hydrogens is 546 g/mol. The van der Waals surface area contributed by atoms with Crippen LogP contribution in [0.2, 0.25) is 0 Å². The fraction of sp³-hybridized carbons (Fsp3) is 0.235. The number of aryl methyl sites for hydroxylation is 1.